The van der Waals surface area contributed by atoms with Crippen molar-refractivity contribution in [2.45, 2.75) is 26.3 Å². The largest absolute Gasteiger partial charge is 0.309 e. The molecular formula is C13H21BrN2S. The van der Waals surface area contributed by atoms with Gasteiger partial charge in [0.1, 0.15) is 0 Å². The van der Waals surface area contributed by atoms with Gasteiger partial charge in [0.2, 0.25) is 0 Å². The highest BCUT2D eigenvalue weighted by Crippen LogP contribution is 2.29. The van der Waals surface area contributed by atoms with Crippen LogP contribution in [-0.2, 0) is 0 Å². The standard InChI is InChI=1S/C13H21BrN2S/c1-3-16-6-4-11(9-16)8-15-10(2)13-12(14)5-7-17-13/h5,7,10-11,15H,3-4,6,8-9H2,1-2H3. The minimum Gasteiger partial charge on any atom is -0.309 e. The van der Waals surface area contributed by atoms with Crippen LogP contribution < -0.4 is 5.32 Å². The van der Waals surface area contributed by atoms with Crippen LogP contribution in [0.2, 0.25) is 0 Å². The molecule has 0 aromatic carbocycles. The summed E-state index contributed by atoms with van der Waals surface area (Å²) in [7, 11) is 0. The van der Waals surface area contributed by atoms with Gasteiger partial charge in [-0.1, -0.05) is 6.92 Å². The molecule has 0 spiro atoms. The lowest BCUT2D eigenvalue weighted by atomic mass is 10.1. The normalized spacial score (nSPS) is 23.1. The van der Waals surface area contributed by atoms with Gasteiger partial charge in [0.25, 0.3) is 0 Å². The monoisotopic (exact) mass is 316 g/mol. The van der Waals surface area contributed by atoms with Crippen molar-refractivity contribution in [3.63, 3.8) is 0 Å². The molecule has 1 aromatic heterocycles. The number of hydrogen-bond donors (Lipinski definition) is 1. The fraction of sp³-hybridized carbons (Fsp3) is 0.692. The fourth-order valence-corrected chi connectivity index (χ4v) is 4.17. The van der Waals surface area contributed by atoms with Crippen molar-refractivity contribution >= 4 is 27.3 Å². The summed E-state index contributed by atoms with van der Waals surface area (Å²) in [4.78, 5) is 3.95. The van der Waals surface area contributed by atoms with E-state index in [-0.39, 0.29) is 0 Å². The molecule has 1 N–H and O–H groups in total. The van der Waals surface area contributed by atoms with E-state index in [9.17, 15) is 0 Å². The van der Waals surface area contributed by atoms with Gasteiger partial charge < -0.3 is 10.2 Å². The van der Waals surface area contributed by atoms with Gasteiger partial charge >= 0.3 is 0 Å². The van der Waals surface area contributed by atoms with E-state index in [0.717, 1.165) is 12.5 Å². The number of rotatable bonds is 5. The van der Waals surface area contributed by atoms with Crippen molar-refractivity contribution in [1.82, 2.24) is 10.2 Å². The van der Waals surface area contributed by atoms with E-state index in [1.54, 1.807) is 0 Å². The Kier molecular flexibility index (Phi) is 5.03. The lowest BCUT2D eigenvalue weighted by Crippen LogP contribution is -2.28. The first kappa shape index (κ1) is 13.5. The smallest absolute Gasteiger partial charge is 0.0397 e. The highest BCUT2D eigenvalue weighted by molar-refractivity contribution is 9.10. The molecule has 96 valence electrons. The van der Waals surface area contributed by atoms with Gasteiger partial charge in [0.15, 0.2) is 0 Å². The third kappa shape index (κ3) is 3.53. The van der Waals surface area contributed by atoms with E-state index in [0.29, 0.717) is 6.04 Å². The Hall–Kier alpha value is 0.100. The van der Waals surface area contributed by atoms with Gasteiger partial charge in [-0.3, -0.25) is 0 Å². The average molecular weight is 317 g/mol. The molecule has 0 aliphatic carbocycles. The van der Waals surface area contributed by atoms with E-state index in [2.05, 4.69) is 51.4 Å². The second kappa shape index (κ2) is 6.32. The van der Waals surface area contributed by atoms with Gasteiger partial charge in [-0.15, -0.1) is 11.3 Å². The second-order valence-corrected chi connectivity index (χ2v) is 6.61. The van der Waals surface area contributed by atoms with Crippen LogP contribution in [0.15, 0.2) is 15.9 Å². The first-order chi connectivity index (χ1) is 8.20. The topological polar surface area (TPSA) is 15.3 Å². The Bertz CT molecular complexity index is 353. The molecule has 2 atom stereocenters. The quantitative estimate of drug-likeness (QED) is 0.894. The molecule has 1 aliphatic heterocycles. The maximum atomic E-state index is 3.67. The molecule has 2 unspecified atom stereocenters. The Morgan fingerprint density at radius 1 is 1.65 bits per heavy atom. The summed E-state index contributed by atoms with van der Waals surface area (Å²) in [6.45, 7) is 9.39. The molecule has 0 saturated carbocycles. The summed E-state index contributed by atoms with van der Waals surface area (Å²) in [5, 5.41) is 5.81. The van der Waals surface area contributed by atoms with Gasteiger partial charge in [0.05, 0.1) is 0 Å². The van der Waals surface area contributed by atoms with Crippen LogP contribution in [-0.4, -0.2) is 31.1 Å². The van der Waals surface area contributed by atoms with Crippen molar-refractivity contribution in [1.29, 1.82) is 0 Å². The van der Waals surface area contributed by atoms with Crippen LogP contribution in [0.1, 0.15) is 31.2 Å². The average Bonchev–Trinajstić information content (AvgIpc) is 2.94. The minimum absolute atomic E-state index is 0.458. The first-order valence-electron chi connectivity index (χ1n) is 6.39. The molecule has 0 radical (unpaired) electrons. The lowest BCUT2D eigenvalue weighted by molar-refractivity contribution is 0.336. The van der Waals surface area contributed by atoms with Gasteiger partial charge in [-0.25, -0.2) is 0 Å². The lowest BCUT2D eigenvalue weighted by Gasteiger charge is -2.17. The maximum absolute atomic E-state index is 3.67. The van der Waals surface area contributed by atoms with Crippen molar-refractivity contribution in [2.75, 3.05) is 26.2 Å². The van der Waals surface area contributed by atoms with Crippen LogP contribution in [0.25, 0.3) is 0 Å². The zero-order chi connectivity index (χ0) is 12.3. The molecule has 1 saturated heterocycles. The van der Waals surface area contributed by atoms with Crippen molar-refractivity contribution in [3.05, 3.63) is 20.8 Å². The molecule has 0 bridgehead atoms. The molecule has 1 aliphatic rings. The Morgan fingerprint density at radius 2 is 2.47 bits per heavy atom. The van der Waals surface area contributed by atoms with Crippen LogP contribution in [0, 0.1) is 5.92 Å². The number of likely N-dealkylation sites (tertiary alicyclic amines) is 1. The zero-order valence-electron chi connectivity index (χ0n) is 10.6. The summed E-state index contributed by atoms with van der Waals surface area (Å²) in [5.74, 6) is 0.830. The number of halogens is 1. The third-order valence-electron chi connectivity index (χ3n) is 3.57. The summed E-state index contributed by atoms with van der Waals surface area (Å²) < 4.78 is 1.24. The molecule has 4 heteroatoms. The van der Waals surface area contributed by atoms with Crippen LogP contribution in [0.5, 0.6) is 0 Å². The fourth-order valence-electron chi connectivity index (χ4n) is 2.42. The van der Waals surface area contributed by atoms with E-state index >= 15 is 0 Å². The van der Waals surface area contributed by atoms with Crippen molar-refractivity contribution in [2.24, 2.45) is 5.92 Å². The predicted octanol–water partition coefficient (Wildman–Crippen LogP) is 3.50. The number of thiophene rings is 1. The van der Waals surface area contributed by atoms with Crippen molar-refractivity contribution < 1.29 is 0 Å². The van der Waals surface area contributed by atoms with E-state index in [4.69, 9.17) is 0 Å². The van der Waals surface area contributed by atoms with Gasteiger partial charge in [0, 0.05) is 21.9 Å². The summed E-state index contributed by atoms with van der Waals surface area (Å²) in [6, 6.07) is 2.59. The number of nitrogens with one attached hydrogen (secondary N) is 1. The highest BCUT2D eigenvalue weighted by atomic mass is 79.9. The molecule has 17 heavy (non-hydrogen) atoms. The summed E-state index contributed by atoms with van der Waals surface area (Å²) >= 11 is 5.43. The van der Waals surface area contributed by atoms with E-state index in [1.165, 1.54) is 35.4 Å². The number of nitrogens with zero attached hydrogens (tertiary/aromatic N) is 1. The minimum atomic E-state index is 0.458. The molecule has 2 rings (SSSR count). The molecule has 2 nitrogen and oxygen atoms in total. The first-order valence-corrected chi connectivity index (χ1v) is 8.06. The molecule has 1 fully saturated rings. The molecular weight excluding hydrogens is 296 g/mol. The molecule has 1 aromatic rings. The molecule has 0 amide bonds. The third-order valence-corrected chi connectivity index (χ3v) is 5.62. The van der Waals surface area contributed by atoms with Gasteiger partial charge in [-0.05, 0) is 66.3 Å². The van der Waals surface area contributed by atoms with Crippen LogP contribution >= 0.6 is 27.3 Å². The van der Waals surface area contributed by atoms with Crippen LogP contribution in [0.4, 0.5) is 0 Å². The Labute approximate surface area is 117 Å². The molecule has 2 heterocycles. The highest BCUT2D eigenvalue weighted by Gasteiger charge is 2.21. The van der Waals surface area contributed by atoms with E-state index < -0.39 is 0 Å². The predicted molar refractivity (Wildman–Crippen MR) is 78.7 cm³/mol. The van der Waals surface area contributed by atoms with E-state index in [1.807, 2.05) is 11.3 Å². The Morgan fingerprint density at radius 3 is 3.06 bits per heavy atom. The summed E-state index contributed by atoms with van der Waals surface area (Å²) in [5.41, 5.74) is 0. The second-order valence-electron chi connectivity index (χ2n) is 4.81. The Balaban J connectivity index is 1.77. The maximum Gasteiger partial charge on any atom is 0.0397 e. The zero-order valence-corrected chi connectivity index (χ0v) is 13.0. The van der Waals surface area contributed by atoms with Crippen molar-refractivity contribution in [3.8, 4) is 0 Å². The SMILES string of the molecule is CCN1CCC(CNC(C)c2sccc2Br)C1. The summed E-state index contributed by atoms with van der Waals surface area (Å²) in [6.07, 6.45) is 1.35. The number of hydrogen-bond acceptors (Lipinski definition) is 3. The van der Waals surface area contributed by atoms with Gasteiger partial charge in [-0.2, -0.15) is 0 Å². The van der Waals surface area contributed by atoms with Crippen LogP contribution in [0.3, 0.4) is 0 Å².